The zero-order chi connectivity index (χ0) is 19.1. The number of nitrogens with one attached hydrogen (secondary N) is 2. The Kier molecular flexibility index (Phi) is 5.99. The molecule has 1 aromatic heterocycles. The molecule has 0 aliphatic carbocycles. The van der Waals surface area contributed by atoms with E-state index in [4.69, 9.17) is 4.74 Å². The summed E-state index contributed by atoms with van der Waals surface area (Å²) in [5, 5.41) is 5.93. The summed E-state index contributed by atoms with van der Waals surface area (Å²) >= 11 is 0. The minimum atomic E-state index is -0.387. The fourth-order valence-electron chi connectivity index (χ4n) is 2.63. The van der Waals surface area contributed by atoms with Gasteiger partial charge in [0, 0.05) is 12.1 Å². The van der Waals surface area contributed by atoms with E-state index in [1.807, 2.05) is 24.3 Å². The number of nitrogens with zero attached hydrogens (tertiary/aromatic N) is 1. The van der Waals surface area contributed by atoms with Crippen LogP contribution in [0.15, 0.2) is 66.9 Å². The summed E-state index contributed by atoms with van der Waals surface area (Å²) in [5.41, 5.74) is 1.93. The third-order valence-corrected chi connectivity index (χ3v) is 4.01. The maximum Gasteiger partial charge on any atom is 0.228 e. The summed E-state index contributed by atoms with van der Waals surface area (Å²) in [6.07, 6.45) is 1.53. The van der Waals surface area contributed by atoms with Gasteiger partial charge in [-0.3, -0.25) is 4.79 Å². The van der Waals surface area contributed by atoms with Crippen LogP contribution in [-0.4, -0.2) is 18.0 Å². The van der Waals surface area contributed by atoms with Gasteiger partial charge in [0.1, 0.15) is 17.4 Å². The first-order valence-corrected chi connectivity index (χ1v) is 8.51. The minimum Gasteiger partial charge on any atom is -0.496 e. The monoisotopic (exact) mass is 365 g/mol. The Balaban J connectivity index is 1.55. The lowest BCUT2D eigenvalue weighted by Crippen LogP contribution is -2.15. The molecule has 0 saturated heterocycles. The number of ether oxygens (including phenoxy) is 1. The van der Waals surface area contributed by atoms with Gasteiger partial charge >= 0.3 is 0 Å². The first-order valence-electron chi connectivity index (χ1n) is 8.51. The minimum absolute atomic E-state index is 0.0273. The van der Waals surface area contributed by atoms with E-state index in [1.54, 1.807) is 43.6 Å². The number of anilines is 2. The maximum absolute atomic E-state index is 13.6. The lowest BCUT2D eigenvalue weighted by atomic mass is 10.1. The lowest BCUT2D eigenvalue weighted by molar-refractivity contribution is -0.115. The fraction of sp³-hybridized carbons (Fsp3) is 0.143. The molecule has 1 heterocycles. The molecule has 0 unspecified atom stereocenters. The van der Waals surface area contributed by atoms with Crippen molar-refractivity contribution in [2.75, 3.05) is 17.7 Å². The van der Waals surface area contributed by atoms with E-state index in [2.05, 4.69) is 15.6 Å². The van der Waals surface area contributed by atoms with E-state index < -0.39 is 0 Å². The van der Waals surface area contributed by atoms with Crippen molar-refractivity contribution in [2.45, 2.75) is 13.0 Å². The quantitative estimate of drug-likeness (QED) is 0.664. The van der Waals surface area contributed by atoms with Gasteiger partial charge in [-0.25, -0.2) is 9.37 Å². The molecule has 6 heteroatoms. The molecule has 0 aliphatic rings. The van der Waals surface area contributed by atoms with Crippen molar-refractivity contribution in [3.63, 3.8) is 0 Å². The van der Waals surface area contributed by atoms with Gasteiger partial charge in [-0.05, 0) is 29.8 Å². The third-order valence-electron chi connectivity index (χ3n) is 4.01. The number of methoxy groups -OCH3 is 1. The first kappa shape index (κ1) is 18.4. The third kappa shape index (κ3) is 5.04. The summed E-state index contributed by atoms with van der Waals surface area (Å²) in [6, 6.07) is 17.5. The molecule has 0 saturated carbocycles. The number of rotatable bonds is 7. The van der Waals surface area contributed by atoms with Crippen molar-refractivity contribution < 1.29 is 13.9 Å². The molecular weight excluding hydrogens is 345 g/mol. The van der Waals surface area contributed by atoms with Crippen LogP contribution in [-0.2, 0) is 17.8 Å². The van der Waals surface area contributed by atoms with Crippen molar-refractivity contribution in [1.29, 1.82) is 0 Å². The van der Waals surface area contributed by atoms with Crippen molar-refractivity contribution in [2.24, 2.45) is 0 Å². The van der Waals surface area contributed by atoms with Crippen LogP contribution in [0.1, 0.15) is 11.1 Å². The number of aromatic nitrogens is 1. The van der Waals surface area contributed by atoms with Crippen LogP contribution < -0.4 is 15.4 Å². The molecule has 1 amide bonds. The standard InChI is InChI=1S/C21H20FN3O2/c1-27-19-9-5-3-7-16(19)13-23-20-11-10-17(14-24-20)25-21(26)12-15-6-2-4-8-18(15)22/h2-11,14H,12-13H2,1H3,(H,23,24)(H,25,26). The molecule has 0 spiro atoms. The molecule has 0 bridgehead atoms. The molecule has 0 atom stereocenters. The van der Waals surface area contributed by atoms with Gasteiger partial charge in [0.15, 0.2) is 0 Å². The van der Waals surface area contributed by atoms with E-state index in [0.717, 1.165) is 11.3 Å². The number of halogens is 1. The molecule has 5 nitrogen and oxygen atoms in total. The van der Waals surface area contributed by atoms with E-state index in [9.17, 15) is 9.18 Å². The molecular formula is C21H20FN3O2. The van der Waals surface area contributed by atoms with Crippen molar-refractivity contribution >= 4 is 17.4 Å². The zero-order valence-electron chi connectivity index (χ0n) is 14.9. The Morgan fingerprint density at radius 3 is 2.48 bits per heavy atom. The summed E-state index contributed by atoms with van der Waals surface area (Å²) in [6.45, 7) is 0.565. The number of para-hydroxylation sites is 1. The van der Waals surface area contributed by atoms with Crippen molar-refractivity contribution in [1.82, 2.24) is 4.98 Å². The van der Waals surface area contributed by atoms with Gasteiger partial charge in [-0.15, -0.1) is 0 Å². The number of pyridine rings is 1. The Morgan fingerprint density at radius 1 is 1.04 bits per heavy atom. The summed E-state index contributed by atoms with van der Waals surface area (Å²) < 4.78 is 18.9. The molecule has 138 valence electrons. The topological polar surface area (TPSA) is 63.2 Å². The van der Waals surface area contributed by atoms with Crippen LogP contribution in [0.2, 0.25) is 0 Å². The summed E-state index contributed by atoms with van der Waals surface area (Å²) in [4.78, 5) is 16.4. The van der Waals surface area contributed by atoms with E-state index >= 15 is 0 Å². The Labute approximate surface area is 157 Å². The second-order valence-electron chi connectivity index (χ2n) is 5.91. The Hall–Kier alpha value is -3.41. The predicted molar refractivity (Wildman–Crippen MR) is 103 cm³/mol. The highest BCUT2D eigenvalue weighted by Crippen LogP contribution is 2.19. The highest BCUT2D eigenvalue weighted by Gasteiger charge is 2.08. The summed E-state index contributed by atoms with van der Waals surface area (Å²) in [7, 11) is 1.63. The van der Waals surface area contributed by atoms with Gasteiger partial charge in [-0.1, -0.05) is 36.4 Å². The second-order valence-corrected chi connectivity index (χ2v) is 5.91. The van der Waals surface area contributed by atoms with E-state index in [-0.39, 0.29) is 18.1 Å². The molecule has 3 aromatic rings. The van der Waals surface area contributed by atoms with Crippen LogP contribution in [0.25, 0.3) is 0 Å². The van der Waals surface area contributed by atoms with E-state index in [0.29, 0.717) is 23.6 Å². The number of amides is 1. The number of benzene rings is 2. The molecule has 0 aliphatic heterocycles. The zero-order valence-corrected chi connectivity index (χ0v) is 14.9. The molecule has 2 N–H and O–H groups in total. The summed E-state index contributed by atoms with van der Waals surface area (Å²) in [5.74, 6) is 0.799. The number of carbonyl (C=O) groups excluding carboxylic acids is 1. The smallest absolute Gasteiger partial charge is 0.228 e. The van der Waals surface area contributed by atoms with E-state index in [1.165, 1.54) is 6.07 Å². The highest BCUT2D eigenvalue weighted by atomic mass is 19.1. The van der Waals surface area contributed by atoms with Crippen LogP contribution >= 0.6 is 0 Å². The molecule has 27 heavy (non-hydrogen) atoms. The van der Waals surface area contributed by atoms with Crippen LogP contribution in [0.4, 0.5) is 15.9 Å². The number of carbonyl (C=O) groups is 1. The maximum atomic E-state index is 13.6. The Bertz CT molecular complexity index is 913. The highest BCUT2D eigenvalue weighted by molar-refractivity contribution is 5.92. The number of hydrogen-bond donors (Lipinski definition) is 2. The normalized spacial score (nSPS) is 10.3. The van der Waals surface area contributed by atoms with Gasteiger partial charge in [0.25, 0.3) is 0 Å². The molecule has 0 fully saturated rings. The van der Waals surface area contributed by atoms with Crippen molar-refractivity contribution in [3.8, 4) is 5.75 Å². The predicted octanol–water partition coefficient (Wildman–Crippen LogP) is 4.02. The molecule has 0 radical (unpaired) electrons. The van der Waals surface area contributed by atoms with Crippen molar-refractivity contribution in [3.05, 3.63) is 83.8 Å². The first-order chi connectivity index (χ1) is 13.2. The SMILES string of the molecule is COc1ccccc1CNc1ccc(NC(=O)Cc2ccccc2F)cn1. The van der Waals surface area contributed by atoms with Crippen LogP contribution in [0.5, 0.6) is 5.75 Å². The molecule has 2 aromatic carbocycles. The van der Waals surface area contributed by atoms with Crippen LogP contribution in [0, 0.1) is 5.82 Å². The fourth-order valence-corrected chi connectivity index (χ4v) is 2.63. The van der Waals surface area contributed by atoms with Gasteiger partial charge in [0.2, 0.25) is 5.91 Å². The Morgan fingerprint density at radius 2 is 1.78 bits per heavy atom. The largest absolute Gasteiger partial charge is 0.496 e. The van der Waals surface area contributed by atoms with Gasteiger partial charge in [-0.2, -0.15) is 0 Å². The molecule has 3 rings (SSSR count). The van der Waals surface area contributed by atoms with Gasteiger partial charge in [0.05, 0.1) is 25.4 Å². The number of hydrogen-bond acceptors (Lipinski definition) is 4. The average molecular weight is 365 g/mol. The van der Waals surface area contributed by atoms with Crippen LogP contribution in [0.3, 0.4) is 0 Å². The average Bonchev–Trinajstić information content (AvgIpc) is 2.69. The second kappa shape index (κ2) is 8.80. The van der Waals surface area contributed by atoms with Gasteiger partial charge < -0.3 is 15.4 Å². The lowest BCUT2D eigenvalue weighted by Gasteiger charge is -2.10.